The van der Waals surface area contributed by atoms with Crippen LogP contribution >= 0.6 is 0 Å². The monoisotopic (exact) mass is 379 g/mol. The molecule has 2 rings (SSSR count). The minimum atomic E-state index is -1.36. The summed E-state index contributed by atoms with van der Waals surface area (Å²) in [7, 11) is 1.48. The second kappa shape index (κ2) is 8.21. The van der Waals surface area contributed by atoms with E-state index in [2.05, 4.69) is 10.6 Å². The number of benzene rings is 2. The standard InChI is InChI=1S/C17H15F2N3O5/c1-9(16(23)21-14-8-11(18)4-5-12(14)19)27-17(24)10-3-6-13(20-2)15(7-10)22(25)26/h3-9,20H,1-2H3,(H,21,23)/t9-/m0/s1. The predicted molar refractivity (Wildman–Crippen MR) is 92.5 cm³/mol. The molecule has 0 aromatic heterocycles. The number of hydrogen-bond donors (Lipinski definition) is 2. The molecule has 10 heteroatoms. The van der Waals surface area contributed by atoms with Gasteiger partial charge >= 0.3 is 5.97 Å². The number of nitrogens with zero attached hydrogens (tertiary/aromatic N) is 1. The van der Waals surface area contributed by atoms with Crippen molar-refractivity contribution in [2.75, 3.05) is 17.7 Å². The number of esters is 1. The van der Waals surface area contributed by atoms with E-state index in [-0.39, 0.29) is 16.9 Å². The molecule has 0 unspecified atom stereocenters. The first-order chi connectivity index (χ1) is 12.7. The summed E-state index contributed by atoms with van der Waals surface area (Å²) in [6, 6.07) is 6.12. The number of hydrogen-bond acceptors (Lipinski definition) is 6. The number of halogens is 2. The van der Waals surface area contributed by atoms with Crippen LogP contribution in [-0.2, 0) is 9.53 Å². The maximum atomic E-state index is 13.6. The summed E-state index contributed by atoms with van der Waals surface area (Å²) < 4.78 is 31.6. The molecule has 27 heavy (non-hydrogen) atoms. The fraction of sp³-hybridized carbons (Fsp3) is 0.176. The van der Waals surface area contributed by atoms with Gasteiger partial charge in [-0.15, -0.1) is 0 Å². The zero-order valence-corrected chi connectivity index (χ0v) is 14.3. The molecular formula is C17H15F2N3O5. The van der Waals surface area contributed by atoms with Crippen LogP contribution in [-0.4, -0.2) is 30.0 Å². The third-order valence-electron chi connectivity index (χ3n) is 3.54. The fourth-order valence-corrected chi connectivity index (χ4v) is 2.13. The number of nitro benzene ring substituents is 1. The van der Waals surface area contributed by atoms with Gasteiger partial charge in [0.1, 0.15) is 17.3 Å². The lowest BCUT2D eigenvalue weighted by atomic mass is 10.1. The Kier molecular flexibility index (Phi) is 6.01. The van der Waals surface area contributed by atoms with E-state index in [1.54, 1.807) is 0 Å². The maximum absolute atomic E-state index is 13.6. The quantitative estimate of drug-likeness (QED) is 0.453. The Morgan fingerprint density at radius 2 is 1.85 bits per heavy atom. The Morgan fingerprint density at radius 3 is 2.48 bits per heavy atom. The van der Waals surface area contributed by atoms with Crippen LogP contribution < -0.4 is 10.6 Å². The van der Waals surface area contributed by atoms with Crippen molar-refractivity contribution in [3.63, 3.8) is 0 Å². The number of nitrogens with one attached hydrogen (secondary N) is 2. The molecule has 2 aromatic rings. The molecule has 2 N–H and O–H groups in total. The van der Waals surface area contributed by atoms with E-state index in [1.807, 2.05) is 0 Å². The molecule has 0 heterocycles. The van der Waals surface area contributed by atoms with Crippen molar-refractivity contribution >= 4 is 28.9 Å². The fourth-order valence-electron chi connectivity index (χ4n) is 2.13. The number of rotatable bonds is 6. The van der Waals surface area contributed by atoms with Crippen LogP contribution in [0.1, 0.15) is 17.3 Å². The lowest BCUT2D eigenvalue weighted by molar-refractivity contribution is -0.384. The van der Waals surface area contributed by atoms with Crippen molar-refractivity contribution in [2.45, 2.75) is 13.0 Å². The predicted octanol–water partition coefficient (Wildman–Crippen LogP) is 3.10. The average molecular weight is 379 g/mol. The maximum Gasteiger partial charge on any atom is 0.339 e. The Morgan fingerprint density at radius 1 is 1.15 bits per heavy atom. The van der Waals surface area contributed by atoms with E-state index in [0.29, 0.717) is 0 Å². The topological polar surface area (TPSA) is 111 Å². The van der Waals surface area contributed by atoms with E-state index in [1.165, 1.54) is 26.1 Å². The third kappa shape index (κ3) is 4.75. The van der Waals surface area contributed by atoms with Gasteiger partial charge in [0.05, 0.1) is 16.2 Å². The van der Waals surface area contributed by atoms with Crippen molar-refractivity contribution in [2.24, 2.45) is 0 Å². The van der Waals surface area contributed by atoms with Crippen LogP contribution in [0.2, 0.25) is 0 Å². The van der Waals surface area contributed by atoms with Crippen molar-refractivity contribution in [3.8, 4) is 0 Å². The SMILES string of the molecule is CNc1ccc(C(=O)O[C@@H](C)C(=O)Nc2cc(F)ccc2F)cc1[N+](=O)[O-]. The summed E-state index contributed by atoms with van der Waals surface area (Å²) in [5.41, 5.74) is -0.691. The molecule has 142 valence electrons. The lowest BCUT2D eigenvalue weighted by Crippen LogP contribution is -2.30. The highest BCUT2D eigenvalue weighted by atomic mass is 19.1. The molecule has 0 aliphatic rings. The number of carbonyl (C=O) groups excluding carboxylic acids is 2. The second-order valence-electron chi connectivity index (χ2n) is 5.40. The van der Waals surface area contributed by atoms with E-state index < -0.39 is 40.2 Å². The largest absolute Gasteiger partial charge is 0.449 e. The van der Waals surface area contributed by atoms with E-state index in [4.69, 9.17) is 4.74 Å². The molecule has 8 nitrogen and oxygen atoms in total. The molecule has 0 fully saturated rings. The number of amides is 1. The Balaban J connectivity index is 2.10. The molecular weight excluding hydrogens is 364 g/mol. The smallest absolute Gasteiger partial charge is 0.339 e. The van der Waals surface area contributed by atoms with E-state index in [0.717, 1.165) is 24.3 Å². The molecule has 2 aromatic carbocycles. The van der Waals surface area contributed by atoms with Gasteiger partial charge in [-0.1, -0.05) is 0 Å². The van der Waals surface area contributed by atoms with Gasteiger partial charge in [-0.25, -0.2) is 13.6 Å². The summed E-state index contributed by atoms with van der Waals surface area (Å²) in [6.45, 7) is 1.22. The zero-order valence-electron chi connectivity index (χ0n) is 14.3. The highest BCUT2D eigenvalue weighted by Gasteiger charge is 2.23. The van der Waals surface area contributed by atoms with E-state index >= 15 is 0 Å². The molecule has 0 saturated heterocycles. The van der Waals surface area contributed by atoms with Crippen molar-refractivity contribution < 1.29 is 28.0 Å². The second-order valence-corrected chi connectivity index (χ2v) is 5.40. The highest BCUT2D eigenvalue weighted by molar-refractivity contribution is 5.97. The first-order valence-electron chi connectivity index (χ1n) is 7.66. The number of nitro groups is 1. The minimum Gasteiger partial charge on any atom is -0.449 e. The first-order valence-corrected chi connectivity index (χ1v) is 7.66. The van der Waals surface area contributed by atoms with Gasteiger partial charge in [0.2, 0.25) is 0 Å². The van der Waals surface area contributed by atoms with Gasteiger partial charge in [-0.2, -0.15) is 0 Å². The molecule has 1 atom stereocenters. The number of carbonyl (C=O) groups is 2. The molecule has 0 bridgehead atoms. The van der Waals surface area contributed by atoms with Crippen LogP contribution in [0.5, 0.6) is 0 Å². The van der Waals surface area contributed by atoms with Crippen LogP contribution in [0.3, 0.4) is 0 Å². The van der Waals surface area contributed by atoms with Crippen molar-refractivity contribution in [1.82, 2.24) is 0 Å². The molecule has 0 saturated carbocycles. The van der Waals surface area contributed by atoms with Crippen molar-refractivity contribution in [1.29, 1.82) is 0 Å². The van der Waals surface area contributed by atoms with Crippen LogP contribution in [0.15, 0.2) is 36.4 Å². The highest BCUT2D eigenvalue weighted by Crippen LogP contribution is 2.25. The molecule has 0 aliphatic carbocycles. The zero-order chi connectivity index (χ0) is 20.1. The summed E-state index contributed by atoms with van der Waals surface area (Å²) in [4.78, 5) is 34.5. The van der Waals surface area contributed by atoms with Crippen molar-refractivity contribution in [3.05, 3.63) is 63.7 Å². The number of ether oxygens (including phenoxy) is 1. The lowest BCUT2D eigenvalue weighted by Gasteiger charge is -2.14. The van der Waals surface area contributed by atoms with Gasteiger partial charge in [0.25, 0.3) is 11.6 Å². The molecule has 0 spiro atoms. The van der Waals surface area contributed by atoms with Crippen LogP contribution in [0.4, 0.5) is 25.8 Å². The van der Waals surface area contributed by atoms with Gasteiger partial charge in [0, 0.05) is 19.2 Å². The molecule has 1 amide bonds. The van der Waals surface area contributed by atoms with Crippen LogP contribution in [0.25, 0.3) is 0 Å². The van der Waals surface area contributed by atoms with Gasteiger partial charge in [-0.3, -0.25) is 14.9 Å². The van der Waals surface area contributed by atoms with Gasteiger partial charge in [0.15, 0.2) is 6.10 Å². The normalized spacial score (nSPS) is 11.4. The third-order valence-corrected chi connectivity index (χ3v) is 3.54. The van der Waals surface area contributed by atoms with Crippen LogP contribution in [0, 0.1) is 21.7 Å². The van der Waals surface area contributed by atoms with E-state index in [9.17, 15) is 28.5 Å². The first kappa shape index (κ1) is 19.8. The summed E-state index contributed by atoms with van der Waals surface area (Å²) >= 11 is 0. The Hall–Kier alpha value is -3.56. The average Bonchev–Trinajstić information content (AvgIpc) is 2.63. The van der Waals surface area contributed by atoms with Gasteiger partial charge < -0.3 is 15.4 Å². The molecule has 0 radical (unpaired) electrons. The number of anilines is 2. The summed E-state index contributed by atoms with van der Waals surface area (Å²) in [5.74, 6) is -3.49. The Labute approximate surface area is 152 Å². The van der Waals surface area contributed by atoms with Gasteiger partial charge in [-0.05, 0) is 31.2 Å². The Bertz CT molecular complexity index is 904. The summed E-state index contributed by atoms with van der Waals surface area (Å²) in [6.07, 6.45) is -1.36. The molecule has 0 aliphatic heterocycles. The summed E-state index contributed by atoms with van der Waals surface area (Å²) in [5, 5.41) is 15.8. The minimum absolute atomic E-state index is 0.141.